The van der Waals surface area contributed by atoms with Gasteiger partial charge in [0.25, 0.3) is 0 Å². The first-order valence-electron chi connectivity index (χ1n) is 11.7. The normalized spacial score (nSPS) is 11.4. The zero-order valence-electron chi connectivity index (χ0n) is 19.9. The fourth-order valence-electron chi connectivity index (χ4n) is 3.95. The van der Waals surface area contributed by atoms with E-state index in [0.29, 0.717) is 17.9 Å². The number of carbonyl (C=O) groups is 1. The van der Waals surface area contributed by atoms with Crippen LogP contribution in [0.15, 0.2) is 96.0 Å². The molecule has 184 valence electrons. The lowest BCUT2D eigenvalue weighted by Crippen LogP contribution is -2.23. The highest BCUT2D eigenvalue weighted by Crippen LogP contribution is 2.25. The Morgan fingerprint density at radius 1 is 0.919 bits per heavy atom. The van der Waals surface area contributed by atoms with Crippen LogP contribution in [0.3, 0.4) is 0 Å². The molecule has 0 radical (unpaired) electrons. The summed E-state index contributed by atoms with van der Waals surface area (Å²) in [6, 6.07) is 28.4. The fraction of sp³-hybridized carbons (Fsp3) is 0.0714. The molecule has 0 atom stereocenters. The van der Waals surface area contributed by atoms with Gasteiger partial charge in [-0.2, -0.15) is 4.99 Å². The number of hydrogen-bond donors (Lipinski definition) is 4. The number of ether oxygens (including phenoxy) is 1. The third kappa shape index (κ3) is 5.40. The molecule has 5 rings (SSSR count). The minimum Gasteiger partial charge on any atom is -0.461 e. The van der Waals surface area contributed by atoms with E-state index in [-0.39, 0.29) is 18.3 Å². The Morgan fingerprint density at radius 3 is 2.46 bits per heavy atom. The Balaban J connectivity index is 1.21. The Morgan fingerprint density at radius 2 is 1.68 bits per heavy atom. The monoisotopic (exact) mass is 491 g/mol. The molecule has 0 aliphatic rings. The van der Waals surface area contributed by atoms with Crippen LogP contribution in [-0.4, -0.2) is 33.7 Å². The molecule has 0 unspecified atom stereocenters. The van der Waals surface area contributed by atoms with E-state index in [2.05, 4.69) is 25.5 Å². The van der Waals surface area contributed by atoms with Crippen LogP contribution in [0.25, 0.3) is 22.2 Å². The summed E-state index contributed by atoms with van der Waals surface area (Å²) in [5.41, 5.74) is 17.1. The zero-order chi connectivity index (χ0) is 25.6. The lowest BCUT2D eigenvalue weighted by Gasteiger charge is -2.12. The average Bonchev–Trinajstić information content (AvgIpc) is 3.27. The number of benzene rings is 3. The van der Waals surface area contributed by atoms with Gasteiger partial charge in [-0.05, 0) is 29.8 Å². The Hall–Kier alpha value is -5.18. The van der Waals surface area contributed by atoms with Gasteiger partial charge < -0.3 is 26.5 Å². The number of para-hydroxylation sites is 2. The number of esters is 1. The van der Waals surface area contributed by atoms with E-state index in [1.165, 1.54) is 0 Å². The van der Waals surface area contributed by atoms with Crippen molar-refractivity contribution < 1.29 is 9.53 Å². The lowest BCUT2D eigenvalue weighted by atomic mass is 10.1. The van der Waals surface area contributed by atoms with Gasteiger partial charge in [-0.1, -0.05) is 66.7 Å². The molecule has 2 aromatic heterocycles. The summed E-state index contributed by atoms with van der Waals surface area (Å²) in [6.07, 6.45) is 0.466. The van der Waals surface area contributed by atoms with Crippen LogP contribution in [0.4, 0.5) is 17.2 Å². The maximum atomic E-state index is 12.6. The fourth-order valence-corrected chi connectivity index (χ4v) is 3.95. The lowest BCUT2D eigenvalue weighted by molar-refractivity contribution is 0.0505. The van der Waals surface area contributed by atoms with Gasteiger partial charge in [0.1, 0.15) is 5.69 Å². The number of hydrogen-bond acceptors (Lipinski definition) is 6. The number of guanidine groups is 1. The first-order valence-corrected chi connectivity index (χ1v) is 11.7. The van der Waals surface area contributed by atoms with Crippen LogP contribution in [0, 0.1) is 0 Å². The number of H-pyrrole nitrogens is 1. The van der Waals surface area contributed by atoms with Crippen LogP contribution in [0.1, 0.15) is 16.1 Å². The molecule has 3 aromatic carbocycles. The molecule has 0 amide bonds. The van der Waals surface area contributed by atoms with Crippen molar-refractivity contribution in [3.05, 3.63) is 102 Å². The van der Waals surface area contributed by atoms with Crippen LogP contribution >= 0.6 is 0 Å². The van der Waals surface area contributed by atoms with Gasteiger partial charge in [-0.25, -0.2) is 4.79 Å². The quantitative estimate of drug-likeness (QED) is 0.147. The summed E-state index contributed by atoms with van der Waals surface area (Å²) < 4.78 is 5.49. The van der Waals surface area contributed by atoms with Crippen molar-refractivity contribution in [3.63, 3.8) is 0 Å². The summed E-state index contributed by atoms with van der Waals surface area (Å²) in [6.45, 7) is 0.163. The summed E-state index contributed by atoms with van der Waals surface area (Å²) in [4.78, 5) is 20.0. The number of rotatable bonds is 7. The van der Waals surface area contributed by atoms with E-state index in [9.17, 15) is 4.79 Å². The van der Waals surface area contributed by atoms with Gasteiger partial charge >= 0.3 is 5.97 Å². The van der Waals surface area contributed by atoms with E-state index >= 15 is 0 Å². The van der Waals surface area contributed by atoms with Crippen LogP contribution < -0.4 is 16.8 Å². The highest BCUT2D eigenvalue weighted by atomic mass is 16.5. The number of fused-ring (bicyclic) bond motifs is 1. The number of nitrogens with one attached hydrogen (secondary N) is 2. The minimum absolute atomic E-state index is 0.163. The van der Waals surface area contributed by atoms with Gasteiger partial charge in [0.15, 0.2) is 11.8 Å². The molecule has 0 bridgehead atoms. The number of aromatic amines is 1. The largest absolute Gasteiger partial charge is 0.461 e. The molecule has 0 saturated heterocycles. The highest BCUT2D eigenvalue weighted by molar-refractivity contribution is 6.05. The number of aromatic nitrogens is 3. The molecule has 6 N–H and O–H groups in total. The number of nitrogens with zero attached hydrogens (tertiary/aromatic N) is 3. The smallest absolute Gasteiger partial charge is 0.356 e. The molecule has 0 spiro atoms. The van der Waals surface area contributed by atoms with Gasteiger partial charge in [0.05, 0.1) is 18.0 Å². The Bertz CT molecular complexity index is 1560. The van der Waals surface area contributed by atoms with Crippen molar-refractivity contribution in [2.45, 2.75) is 6.42 Å². The molecule has 9 nitrogen and oxygen atoms in total. The number of anilines is 2. The summed E-state index contributed by atoms with van der Waals surface area (Å²) in [7, 11) is 0. The maximum absolute atomic E-state index is 12.6. The standard InChI is InChI=1S/C28H25N7O2/c29-25-20-11-5-7-13-23(20)31-26(25)27(36)37-17-16-19-10-4-6-12-21(19)32-28(30)33-24-15-14-22(34-35-24)18-8-2-1-3-9-18/h1-15,31H,16-17,29H2,(H3,30,32,33,35). The predicted molar refractivity (Wildman–Crippen MR) is 146 cm³/mol. The van der Waals surface area contributed by atoms with Crippen LogP contribution in [0.5, 0.6) is 0 Å². The average molecular weight is 492 g/mol. The molecule has 0 saturated carbocycles. The topological polar surface area (TPSA) is 144 Å². The van der Waals surface area contributed by atoms with Crippen LogP contribution in [-0.2, 0) is 11.2 Å². The molecule has 0 fully saturated rings. The van der Waals surface area contributed by atoms with Gasteiger partial charge in [0.2, 0.25) is 0 Å². The Kier molecular flexibility index (Phi) is 6.76. The molecule has 2 heterocycles. The van der Waals surface area contributed by atoms with E-state index in [0.717, 1.165) is 33.4 Å². The highest BCUT2D eigenvalue weighted by Gasteiger charge is 2.17. The number of carbonyl (C=O) groups excluding carboxylic acids is 1. The van der Waals surface area contributed by atoms with E-state index in [1.807, 2.05) is 84.9 Å². The van der Waals surface area contributed by atoms with Crippen molar-refractivity contribution in [3.8, 4) is 11.3 Å². The second-order valence-electron chi connectivity index (χ2n) is 8.27. The van der Waals surface area contributed by atoms with Crippen molar-refractivity contribution >= 4 is 40.0 Å². The van der Waals surface area contributed by atoms with Crippen molar-refractivity contribution in [1.82, 2.24) is 15.2 Å². The van der Waals surface area contributed by atoms with E-state index in [4.69, 9.17) is 16.2 Å². The number of nitrogen functional groups attached to an aromatic ring is 1. The predicted octanol–water partition coefficient (Wildman–Crippen LogP) is 4.66. The summed E-state index contributed by atoms with van der Waals surface area (Å²) >= 11 is 0. The van der Waals surface area contributed by atoms with Crippen molar-refractivity contribution in [2.24, 2.45) is 10.7 Å². The Labute approximate surface area is 213 Å². The van der Waals surface area contributed by atoms with Crippen molar-refractivity contribution in [1.29, 1.82) is 0 Å². The molecule has 37 heavy (non-hydrogen) atoms. The van der Waals surface area contributed by atoms with Gasteiger partial charge in [-0.15, -0.1) is 10.2 Å². The number of aliphatic imine (C=N–C) groups is 1. The second-order valence-corrected chi connectivity index (χ2v) is 8.27. The molecule has 0 aliphatic carbocycles. The first-order chi connectivity index (χ1) is 18.1. The van der Waals surface area contributed by atoms with Crippen molar-refractivity contribution in [2.75, 3.05) is 17.7 Å². The molecule has 5 aromatic rings. The second kappa shape index (κ2) is 10.6. The van der Waals surface area contributed by atoms with E-state index in [1.54, 1.807) is 6.07 Å². The van der Waals surface area contributed by atoms with Crippen LogP contribution in [0.2, 0.25) is 0 Å². The van der Waals surface area contributed by atoms with Gasteiger partial charge in [-0.3, -0.25) is 0 Å². The zero-order valence-corrected chi connectivity index (χ0v) is 19.9. The number of nitrogens with two attached hydrogens (primary N) is 2. The molecular weight excluding hydrogens is 466 g/mol. The molecule has 9 heteroatoms. The maximum Gasteiger partial charge on any atom is 0.356 e. The van der Waals surface area contributed by atoms with E-state index < -0.39 is 5.97 Å². The van der Waals surface area contributed by atoms with Gasteiger partial charge in [0, 0.05) is 28.6 Å². The minimum atomic E-state index is -0.502. The SMILES string of the molecule is NC(=Nc1ccc(-c2ccccc2)nn1)Nc1ccccc1CCOC(=O)c1[nH]c2ccccc2c1N. The third-order valence-electron chi connectivity index (χ3n) is 5.79. The third-order valence-corrected chi connectivity index (χ3v) is 5.79. The molecular formula is C28H25N7O2. The summed E-state index contributed by atoms with van der Waals surface area (Å²) in [5, 5.41) is 12.3. The molecule has 0 aliphatic heterocycles. The first kappa shape index (κ1) is 23.6. The summed E-state index contributed by atoms with van der Waals surface area (Å²) in [5.74, 6) is 0.0433.